The monoisotopic (exact) mass is 349 g/mol. The summed E-state index contributed by atoms with van der Waals surface area (Å²) in [5, 5.41) is 8.71. The van der Waals surface area contributed by atoms with E-state index in [1.165, 1.54) is 5.56 Å². The van der Waals surface area contributed by atoms with Crippen LogP contribution in [0.2, 0.25) is 0 Å². The number of hydrogen-bond donors (Lipinski definition) is 1. The average Bonchev–Trinajstić information content (AvgIpc) is 2.61. The van der Waals surface area contributed by atoms with Crippen molar-refractivity contribution in [2.24, 2.45) is 5.92 Å². The van der Waals surface area contributed by atoms with Gasteiger partial charge in [-0.3, -0.25) is 4.90 Å². The van der Waals surface area contributed by atoms with Crippen LogP contribution in [0.3, 0.4) is 0 Å². The molecule has 0 radical (unpaired) electrons. The quantitative estimate of drug-likeness (QED) is 0.768. The van der Waals surface area contributed by atoms with Crippen molar-refractivity contribution < 1.29 is 8.42 Å². The third kappa shape index (κ3) is 5.04. The van der Waals surface area contributed by atoms with Crippen molar-refractivity contribution in [1.82, 2.24) is 9.62 Å². The Hall–Kier alpha value is -1.42. The molecule has 1 aromatic carbocycles. The molecule has 0 spiro atoms. The van der Waals surface area contributed by atoms with Crippen LogP contribution in [0.15, 0.2) is 29.2 Å². The van der Waals surface area contributed by atoms with Crippen LogP contribution in [-0.4, -0.2) is 39.5 Å². The van der Waals surface area contributed by atoms with E-state index in [0.717, 1.165) is 32.4 Å². The van der Waals surface area contributed by atoms with Gasteiger partial charge in [0, 0.05) is 6.54 Å². The molecular weight excluding hydrogens is 322 g/mol. The Morgan fingerprint density at radius 1 is 1.29 bits per heavy atom. The number of rotatable bonds is 7. The number of nitriles is 1. The van der Waals surface area contributed by atoms with Gasteiger partial charge in [0.2, 0.25) is 10.0 Å². The maximum atomic E-state index is 12.4. The SMILES string of the molecule is CCC(C)c1ccc(S(=O)(=O)NCC2CCN(CC#N)CC2)cc1. The molecule has 0 bridgehead atoms. The molecule has 1 aromatic rings. The zero-order valence-corrected chi connectivity index (χ0v) is 15.3. The predicted molar refractivity (Wildman–Crippen MR) is 95.1 cm³/mol. The van der Waals surface area contributed by atoms with Crippen LogP contribution < -0.4 is 4.72 Å². The summed E-state index contributed by atoms with van der Waals surface area (Å²) in [7, 11) is -3.45. The Balaban J connectivity index is 1.89. The highest BCUT2D eigenvalue weighted by Crippen LogP contribution is 2.21. The smallest absolute Gasteiger partial charge is 0.240 e. The van der Waals surface area contributed by atoms with E-state index in [1.54, 1.807) is 12.1 Å². The Bertz CT molecular complexity index is 656. The first kappa shape index (κ1) is 18.9. The summed E-state index contributed by atoms with van der Waals surface area (Å²) < 4.78 is 27.6. The van der Waals surface area contributed by atoms with Crippen molar-refractivity contribution in [3.8, 4) is 6.07 Å². The van der Waals surface area contributed by atoms with E-state index in [1.807, 2.05) is 12.1 Å². The van der Waals surface area contributed by atoms with Crippen molar-refractivity contribution in [2.75, 3.05) is 26.2 Å². The Labute approximate surface area is 145 Å². The van der Waals surface area contributed by atoms with Crippen molar-refractivity contribution in [1.29, 1.82) is 5.26 Å². The maximum absolute atomic E-state index is 12.4. The average molecular weight is 350 g/mol. The minimum absolute atomic E-state index is 0.330. The second-order valence-electron chi connectivity index (χ2n) is 6.61. The largest absolute Gasteiger partial charge is 0.291 e. The molecule has 5 nitrogen and oxygen atoms in total. The predicted octanol–water partition coefficient (Wildman–Crippen LogP) is 2.71. The number of benzene rings is 1. The minimum atomic E-state index is -3.45. The summed E-state index contributed by atoms with van der Waals surface area (Å²) in [5.41, 5.74) is 1.17. The summed E-state index contributed by atoms with van der Waals surface area (Å²) in [6.07, 6.45) is 2.89. The highest BCUT2D eigenvalue weighted by Gasteiger charge is 2.21. The lowest BCUT2D eigenvalue weighted by molar-refractivity contribution is 0.204. The van der Waals surface area contributed by atoms with E-state index < -0.39 is 10.0 Å². The molecule has 6 heteroatoms. The van der Waals surface area contributed by atoms with E-state index in [4.69, 9.17) is 5.26 Å². The third-order valence-electron chi connectivity index (χ3n) is 4.94. The molecule has 132 valence electrons. The lowest BCUT2D eigenvalue weighted by atomic mass is 9.97. The van der Waals surface area contributed by atoms with Crippen molar-refractivity contribution in [3.05, 3.63) is 29.8 Å². The fraction of sp³-hybridized carbons (Fsp3) is 0.611. The third-order valence-corrected chi connectivity index (χ3v) is 6.37. The van der Waals surface area contributed by atoms with Crippen LogP contribution in [0, 0.1) is 17.2 Å². The Kier molecular flexibility index (Phi) is 6.79. The number of nitrogens with zero attached hydrogens (tertiary/aromatic N) is 2. The highest BCUT2D eigenvalue weighted by molar-refractivity contribution is 7.89. The molecule has 1 fully saturated rings. The molecule has 1 aliphatic heterocycles. The van der Waals surface area contributed by atoms with Crippen LogP contribution in [0.25, 0.3) is 0 Å². The van der Waals surface area contributed by atoms with Gasteiger partial charge in [0.1, 0.15) is 0 Å². The normalized spacial score (nSPS) is 18.2. The molecule has 1 unspecified atom stereocenters. The molecular formula is C18H27N3O2S. The zero-order chi connectivity index (χ0) is 17.6. The first-order valence-corrected chi connectivity index (χ1v) is 10.1. The fourth-order valence-electron chi connectivity index (χ4n) is 2.97. The Morgan fingerprint density at radius 2 is 1.92 bits per heavy atom. The second kappa shape index (κ2) is 8.61. The van der Waals surface area contributed by atoms with Crippen LogP contribution in [0.1, 0.15) is 44.6 Å². The van der Waals surface area contributed by atoms with Gasteiger partial charge >= 0.3 is 0 Å². The van der Waals surface area contributed by atoms with Crippen LogP contribution in [0.4, 0.5) is 0 Å². The first-order valence-electron chi connectivity index (χ1n) is 8.65. The molecule has 1 heterocycles. The van der Waals surface area contributed by atoms with Crippen molar-refractivity contribution >= 4 is 10.0 Å². The van der Waals surface area contributed by atoms with Crippen molar-refractivity contribution in [2.45, 2.75) is 43.9 Å². The summed E-state index contributed by atoms with van der Waals surface area (Å²) in [4.78, 5) is 2.44. The molecule has 0 amide bonds. The summed E-state index contributed by atoms with van der Waals surface area (Å²) in [6.45, 7) is 6.92. The lowest BCUT2D eigenvalue weighted by Gasteiger charge is -2.30. The van der Waals surface area contributed by atoms with Crippen molar-refractivity contribution in [3.63, 3.8) is 0 Å². The Morgan fingerprint density at radius 3 is 2.46 bits per heavy atom. The molecule has 1 aliphatic rings. The molecule has 1 saturated heterocycles. The fourth-order valence-corrected chi connectivity index (χ4v) is 4.09. The molecule has 1 N–H and O–H groups in total. The molecule has 2 rings (SSSR count). The van der Waals surface area contributed by atoms with Gasteiger partial charge in [-0.15, -0.1) is 0 Å². The number of likely N-dealkylation sites (tertiary alicyclic amines) is 1. The second-order valence-corrected chi connectivity index (χ2v) is 8.37. The zero-order valence-electron chi connectivity index (χ0n) is 14.5. The summed E-state index contributed by atoms with van der Waals surface area (Å²) in [6, 6.07) is 9.36. The van der Waals surface area contributed by atoms with Gasteiger partial charge in [-0.05, 0) is 61.9 Å². The van der Waals surface area contributed by atoms with Gasteiger partial charge in [-0.25, -0.2) is 13.1 Å². The maximum Gasteiger partial charge on any atom is 0.240 e. The first-order chi connectivity index (χ1) is 11.5. The summed E-state index contributed by atoms with van der Waals surface area (Å²) in [5.74, 6) is 0.780. The molecule has 0 saturated carbocycles. The number of piperidine rings is 1. The van der Waals surface area contributed by atoms with E-state index in [0.29, 0.717) is 29.8 Å². The van der Waals surface area contributed by atoms with Gasteiger partial charge < -0.3 is 0 Å². The number of sulfonamides is 1. The molecule has 0 aliphatic carbocycles. The topological polar surface area (TPSA) is 73.2 Å². The highest BCUT2D eigenvalue weighted by atomic mass is 32.2. The molecule has 0 aromatic heterocycles. The van der Waals surface area contributed by atoms with E-state index in [-0.39, 0.29) is 0 Å². The number of hydrogen-bond acceptors (Lipinski definition) is 4. The minimum Gasteiger partial charge on any atom is -0.291 e. The van der Waals surface area contributed by atoms with Gasteiger partial charge in [0.15, 0.2) is 0 Å². The standard InChI is InChI=1S/C18H27N3O2S/c1-3-15(2)17-4-6-18(7-5-17)24(22,23)20-14-16-8-11-21(12-9-16)13-10-19/h4-7,15-16,20H,3,8-9,11-14H2,1-2H3. The number of nitrogens with one attached hydrogen (secondary N) is 1. The van der Waals surface area contributed by atoms with Gasteiger partial charge in [-0.1, -0.05) is 26.0 Å². The lowest BCUT2D eigenvalue weighted by Crippen LogP contribution is -2.38. The van der Waals surface area contributed by atoms with Gasteiger partial charge in [0.05, 0.1) is 17.5 Å². The van der Waals surface area contributed by atoms with Gasteiger partial charge in [0.25, 0.3) is 0 Å². The summed E-state index contributed by atoms with van der Waals surface area (Å²) >= 11 is 0. The van der Waals surface area contributed by atoms with E-state index in [9.17, 15) is 8.42 Å². The molecule has 1 atom stereocenters. The van der Waals surface area contributed by atoms with Gasteiger partial charge in [-0.2, -0.15) is 5.26 Å². The van der Waals surface area contributed by atoms with Crippen LogP contribution in [-0.2, 0) is 10.0 Å². The molecule has 24 heavy (non-hydrogen) atoms. The van der Waals surface area contributed by atoms with Crippen LogP contribution >= 0.6 is 0 Å². The van der Waals surface area contributed by atoms with E-state index >= 15 is 0 Å². The van der Waals surface area contributed by atoms with E-state index in [2.05, 4.69) is 29.5 Å². The van der Waals surface area contributed by atoms with Crippen LogP contribution in [0.5, 0.6) is 0 Å².